The molecule has 1 heterocycles. The maximum absolute atomic E-state index is 12.4. The molecule has 0 saturated heterocycles. The highest BCUT2D eigenvalue weighted by atomic mass is 16.5. The van der Waals surface area contributed by atoms with Gasteiger partial charge in [-0.3, -0.25) is 9.89 Å². The highest BCUT2D eigenvalue weighted by Gasteiger charge is 2.33. The third-order valence-corrected chi connectivity index (χ3v) is 4.77. The van der Waals surface area contributed by atoms with Gasteiger partial charge in [0.15, 0.2) is 0 Å². The predicted octanol–water partition coefficient (Wildman–Crippen LogP) is 3.24. The van der Waals surface area contributed by atoms with Crippen LogP contribution in [0.2, 0.25) is 0 Å². The Morgan fingerprint density at radius 3 is 2.58 bits per heavy atom. The summed E-state index contributed by atoms with van der Waals surface area (Å²) in [5, 5.41) is 10.4. The van der Waals surface area contributed by atoms with Crippen LogP contribution in [-0.2, 0) is 11.2 Å². The van der Waals surface area contributed by atoms with Gasteiger partial charge < -0.3 is 10.1 Å². The summed E-state index contributed by atoms with van der Waals surface area (Å²) in [6, 6.07) is 8.11. The molecule has 2 aromatic rings. The Labute approximate surface area is 142 Å². The largest absolute Gasteiger partial charge is 0.497 e. The van der Waals surface area contributed by atoms with Gasteiger partial charge in [-0.15, -0.1) is 0 Å². The standard InChI is InChI=1S/C19H25N3O2/c1-12-17(13(2)22-21-12)10-11-18(23)20-19(14-4-5-14)15-6-8-16(24-3)9-7-15/h6-9,14,19H,4-5,10-11H2,1-3H3,(H,20,23)(H,21,22). The van der Waals surface area contributed by atoms with E-state index in [-0.39, 0.29) is 11.9 Å². The number of nitrogens with one attached hydrogen (secondary N) is 2. The maximum Gasteiger partial charge on any atom is 0.220 e. The first-order valence-corrected chi connectivity index (χ1v) is 8.52. The Kier molecular flexibility index (Phi) is 4.88. The van der Waals surface area contributed by atoms with Crippen molar-refractivity contribution in [3.63, 3.8) is 0 Å². The Hall–Kier alpha value is -2.30. The molecule has 128 valence electrons. The molecule has 1 aliphatic rings. The van der Waals surface area contributed by atoms with Crippen molar-refractivity contribution in [2.45, 2.75) is 45.6 Å². The van der Waals surface area contributed by atoms with Crippen LogP contribution < -0.4 is 10.1 Å². The molecule has 1 amide bonds. The van der Waals surface area contributed by atoms with Gasteiger partial charge in [0, 0.05) is 12.1 Å². The van der Waals surface area contributed by atoms with Crippen LogP contribution in [0.4, 0.5) is 0 Å². The fourth-order valence-corrected chi connectivity index (χ4v) is 3.14. The lowest BCUT2D eigenvalue weighted by atomic mass is 10.0. The van der Waals surface area contributed by atoms with E-state index in [0.717, 1.165) is 34.7 Å². The fraction of sp³-hybridized carbons (Fsp3) is 0.474. The molecule has 0 spiro atoms. The molecule has 1 fully saturated rings. The number of methoxy groups -OCH3 is 1. The number of aryl methyl sites for hydroxylation is 2. The van der Waals surface area contributed by atoms with Crippen LogP contribution in [0.1, 0.15) is 47.8 Å². The van der Waals surface area contributed by atoms with E-state index in [1.165, 1.54) is 12.8 Å². The van der Waals surface area contributed by atoms with Crippen LogP contribution >= 0.6 is 0 Å². The van der Waals surface area contributed by atoms with Crippen LogP contribution in [0.5, 0.6) is 5.75 Å². The number of benzene rings is 1. The lowest BCUT2D eigenvalue weighted by Gasteiger charge is -2.19. The van der Waals surface area contributed by atoms with E-state index in [4.69, 9.17) is 4.74 Å². The average molecular weight is 327 g/mol. The third-order valence-electron chi connectivity index (χ3n) is 4.77. The van der Waals surface area contributed by atoms with Crippen LogP contribution in [0.25, 0.3) is 0 Å². The van der Waals surface area contributed by atoms with Gasteiger partial charge in [-0.05, 0) is 62.3 Å². The van der Waals surface area contributed by atoms with Crippen LogP contribution in [0.15, 0.2) is 24.3 Å². The average Bonchev–Trinajstić information content (AvgIpc) is 3.38. The number of amides is 1. The summed E-state index contributed by atoms with van der Waals surface area (Å²) in [5.41, 5.74) is 4.34. The molecule has 1 aromatic carbocycles. The van der Waals surface area contributed by atoms with Crippen molar-refractivity contribution in [2.24, 2.45) is 5.92 Å². The van der Waals surface area contributed by atoms with Gasteiger partial charge >= 0.3 is 0 Å². The summed E-state index contributed by atoms with van der Waals surface area (Å²) in [7, 11) is 1.66. The zero-order valence-corrected chi connectivity index (χ0v) is 14.6. The molecule has 24 heavy (non-hydrogen) atoms. The van der Waals surface area contributed by atoms with Crippen molar-refractivity contribution < 1.29 is 9.53 Å². The van der Waals surface area contributed by atoms with Crippen molar-refractivity contribution in [3.05, 3.63) is 46.8 Å². The van der Waals surface area contributed by atoms with Crippen molar-refractivity contribution >= 4 is 5.91 Å². The molecule has 0 bridgehead atoms. The van der Waals surface area contributed by atoms with Crippen molar-refractivity contribution in [1.82, 2.24) is 15.5 Å². The van der Waals surface area contributed by atoms with Crippen molar-refractivity contribution in [1.29, 1.82) is 0 Å². The number of aromatic amines is 1. The van der Waals surface area contributed by atoms with Gasteiger partial charge in [-0.2, -0.15) is 5.10 Å². The number of hydrogen-bond donors (Lipinski definition) is 2. The van der Waals surface area contributed by atoms with E-state index < -0.39 is 0 Å². The van der Waals surface area contributed by atoms with Crippen LogP contribution in [-0.4, -0.2) is 23.2 Å². The molecular weight excluding hydrogens is 302 g/mol. The van der Waals surface area contributed by atoms with Gasteiger partial charge in [-0.1, -0.05) is 12.1 Å². The Balaban J connectivity index is 1.62. The second-order valence-corrected chi connectivity index (χ2v) is 6.57. The van der Waals surface area contributed by atoms with Gasteiger partial charge in [0.05, 0.1) is 18.8 Å². The topological polar surface area (TPSA) is 67.0 Å². The summed E-state index contributed by atoms with van der Waals surface area (Å²) in [4.78, 5) is 12.4. The first-order valence-electron chi connectivity index (χ1n) is 8.52. The molecule has 1 atom stereocenters. The molecule has 1 unspecified atom stereocenters. The molecule has 0 aliphatic heterocycles. The van der Waals surface area contributed by atoms with Gasteiger partial charge in [0.2, 0.25) is 5.91 Å². The SMILES string of the molecule is COc1ccc(C(NC(=O)CCc2c(C)n[nH]c2C)C2CC2)cc1. The molecular formula is C19H25N3O2. The fourth-order valence-electron chi connectivity index (χ4n) is 3.14. The van der Waals surface area contributed by atoms with E-state index >= 15 is 0 Å². The van der Waals surface area contributed by atoms with Gasteiger partial charge in [0.1, 0.15) is 5.75 Å². The predicted molar refractivity (Wildman–Crippen MR) is 93.0 cm³/mol. The number of aromatic nitrogens is 2. The highest BCUT2D eigenvalue weighted by molar-refractivity contribution is 5.77. The van der Waals surface area contributed by atoms with Crippen molar-refractivity contribution in [3.8, 4) is 5.75 Å². The first-order chi connectivity index (χ1) is 11.6. The minimum Gasteiger partial charge on any atom is -0.497 e. The number of carbonyl (C=O) groups is 1. The zero-order valence-electron chi connectivity index (χ0n) is 14.6. The summed E-state index contributed by atoms with van der Waals surface area (Å²) in [6.07, 6.45) is 3.56. The molecule has 2 N–H and O–H groups in total. The third kappa shape index (κ3) is 3.78. The first kappa shape index (κ1) is 16.6. The van der Waals surface area contributed by atoms with E-state index in [1.54, 1.807) is 7.11 Å². The molecule has 1 aliphatic carbocycles. The number of hydrogen-bond acceptors (Lipinski definition) is 3. The van der Waals surface area contributed by atoms with Crippen molar-refractivity contribution in [2.75, 3.05) is 7.11 Å². The van der Waals surface area contributed by atoms with E-state index in [2.05, 4.69) is 15.5 Å². The molecule has 5 heteroatoms. The number of ether oxygens (including phenoxy) is 1. The van der Waals surface area contributed by atoms with E-state index in [9.17, 15) is 4.79 Å². The minimum atomic E-state index is 0.0997. The lowest BCUT2D eigenvalue weighted by Crippen LogP contribution is -2.30. The molecule has 1 saturated carbocycles. The summed E-state index contributed by atoms with van der Waals surface area (Å²) >= 11 is 0. The Bertz CT molecular complexity index is 682. The molecule has 0 radical (unpaired) electrons. The van der Waals surface area contributed by atoms with E-state index in [0.29, 0.717) is 12.3 Å². The van der Waals surface area contributed by atoms with Gasteiger partial charge in [-0.25, -0.2) is 0 Å². The van der Waals surface area contributed by atoms with Gasteiger partial charge in [0.25, 0.3) is 0 Å². The molecule has 3 rings (SSSR count). The normalized spacial score (nSPS) is 15.1. The van der Waals surface area contributed by atoms with E-state index in [1.807, 2.05) is 38.1 Å². The molecule has 1 aromatic heterocycles. The number of rotatable bonds is 7. The summed E-state index contributed by atoms with van der Waals surface area (Å²) < 4.78 is 5.21. The second kappa shape index (κ2) is 7.07. The Morgan fingerprint density at radius 2 is 2.04 bits per heavy atom. The molecule has 5 nitrogen and oxygen atoms in total. The quantitative estimate of drug-likeness (QED) is 0.820. The summed E-state index contributed by atoms with van der Waals surface area (Å²) in [6.45, 7) is 3.97. The lowest BCUT2D eigenvalue weighted by molar-refractivity contribution is -0.122. The highest BCUT2D eigenvalue weighted by Crippen LogP contribution is 2.41. The monoisotopic (exact) mass is 327 g/mol. The van der Waals surface area contributed by atoms with Crippen LogP contribution in [0.3, 0.4) is 0 Å². The number of H-pyrrole nitrogens is 1. The maximum atomic E-state index is 12.4. The second-order valence-electron chi connectivity index (χ2n) is 6.57. The number of nitrogens with zero attached hydrogens (tertiary/aromatic N) is 1. The van der Waals surface area contributed by atoms with Crippen LogP contribution in [0, 0.1) is 19.8 Å². The minimum absolute atomic E-state index is 0.0997. The smallest absolute Gasteiger partial charge is 0.220 e. The zero-order chi connectivity index (χ0) is 17.1. The Morgan fingerprint density at radius 1 is 1.33 bits per heavy atom. The summed E-state index contributed by atoms with van der Waals surface area (Å²) in [5.74, 6) is 1.49. The number of carbonyl (C=O) groups excluding carboxylic acids is 1.